The first-order chi connectivity index (χ1) is 12.7. The van der Waals surface area contributed by atoms with Crippen molar-refractivity contribution in [2.75, 3.05) is 0 Å². The van der Waals surface area contributed by atoms with E-state index in [4.69, 9.17) is 0 Å². The summed E-state index contributed by atoms with van der Waals surface area (Å²) in [4.78, 5) is 0. The van der Waals surface area contributed by atoms with Gasteiger partial charge in [-0.2, -0.15) is 0 Å². The zero-order valence-corrected chi connectivity index (χ0v) is 18.2. The van der Waals surface area contributed by atoms with Crippen molar-refractivity contribution < 1.29 is 10.2 Å². The molecule has 0 radical (unpaired) electrons. The van der Waals surface area contributed by atoms with E-state index in [2.05, 4.69) is 13.8 Å². The van der Waals surface area contributed by atoms with Crippen molar-refractivity contribution >= 4 is 0 Å². The van der Waals surface area contributed by atoms with Crippen LogP contribution in [0.5, 0.6) is 0 Å². The second-order valence-corrected chi connectivity index (χ2v) is 8.41. The van der Waals surface area contributed by atoms with Crippen molar-refractivity contribution in [1.82, 2.24) is 0 Å². The van der Waals surface area contributed by atoms with Crippen LogP contribution in [-0.2, 0) is 0 Å². The van der Waals surface area contributed by atoms with Crippen molar-refractivity contribution in [2.45, 2.75) is 149 Å². The van der Waals surface area contributed by atoms with Crippen LogP contribution in [0.25, 0.3) is 0 Å². The Kier molecular flexibility index (Phi) is 21.2. The number of rotatable bonds is 21. The number of hydrogen-bond acceptors (Lipinski definition) is 2. The van der Waals surface area contributed by atoms with Crippen LogP contribution in [0.1, 0.15) is 142 Å². The molecule has 0 fully saturated rings. The maximum absolute atomic E-state index is 9.61. The normalized spacial score (nSPS) is 12.8. The molecular formula is C24H50O2. The van der Waals surface area contributed by atoms with E-state index in [-0.39, 0.29) is 5.92 Å². The summed E-state index contributed by atoms with van der Waals surface area (Å²) >= 11 is 0. The minimum absolute atomic E-state index is 0.101. The summed E-state index contributed by atoms with van der Waals surface area (Å²) < 4.78 is 0. The fourth-order valence-electron chi connectivity index (χ4n) is 3.88. The lowest BCUT2D eigenvalue weighted by Gasteiger charge is -2.18. The van der Waals surface area contributed by atoms with Gasteiger partial charge in [0, 0.05) is 5.92 Å². The maximum Gasteiger partial charge on any atom is 0.154 e. The predicted molar refractivity (Wildman–Crippen MR) is 115 cm³/mol. The van der Waals surface area contributed by atoms with Gasteiger partial charge in [-0.1, -0.05) is 129 Å². The molecule has 1 unspecified atom stereocenters. The molecule has 26 heavy (non-hydrogen) atoms. The summed E-state index contributed by atoms with van der Waals surface area (Å²) in [5.74, 6) is 0.101. The summed E-state index contributed by atoms with van der Waals surface area (Å²) in [7, 11) is 0. The lowest BCUT2D eigenvalue weighted by molar-refractivity contribution is -0.0890. The molecule has 0 aromatic heterocycles. The van der Waals surface area contributed by atoms with Crippen molar-refractivity contribution in [1.29, 1.82) is 0 Å². The molecule has 2 heteroatoms. The molecule has 0 saturated carbocycles. The Labute approximate surface area is 165 Å². The Morgan fingerprint density at radius 2 is 0.692 bits per heavy atom. The molecule has 0 spiro atoms. The number of aliphatic hydroxyl groups excluding tert-OH is 1. The third-order valence-corrected chi connectivity index (χ3v) is 5.78. The van der Waals surface area contributed by atoms with Crippen LogP contribution < -0.4 is 0 Å². The molecule has 0 aliphatic heterocycles. The third kappa shape index (κ3) is 18.7. The highest BCUT2D eigenvalue weighted by Crippen LogP contribution is 2.21. The largest absolute Gasteiger partial charge is 0.368 e. The van der Waals surface area contributed by atoms with Crippen LogP contribution in [0, 0.1) is 5.92 Å². The predicted octanol–water partition coefficient (Wildman–Crippen LogP) is 7.76. The fraction of sp³-hybridized carbons (Fsp3) is 1.00. The van der Waals surface area contributed by atoms with Gasteiger partial charge in [0.2, 0.25) is 0 Å². The third-order valence-electron chi connectivity index (χ3n) is 5.78. The maximum atomic E-state index is 9.61. The van der Waals surface area contributed by atoms with Gasteiger partial charge in [0.05, 0.1) is 0 Å². The summed E-state index contributed by atoms with van der Waals surface area (Å²) in [5.41, 5.74) is 0. The van der Waals surface area contributed by atoms with E-state index in [0.29, 0.717) is 0 Å². The zero-order chi connectivity index (χ0) is 19.3. The molecule has 0 aliphatic carbocycles. The molecule has 0 saturated heterocycles. The zero-order valence-electron chi connectivity index (χ0n) is 18.2. The summed E-state index contributed by atoms with van der Waals surface area (Å²) in [6, 6.07) is 0. The molecular weight excluding hydrogens is 320 g/mol. The molecule has 0 rings (SSSR count). The molecule has 158 valence electrons. The van der Waals surface area contributed by atoms with E-state index in [1.165, 1.54) is 103 Å². The van der Waals surface area contributed by atoms with Crippen molar-refractivity contribution in [3.05, 3.63) is 0 Å². The van der Waals surface area contributed by atoms with Gasteiger partial charge in [-0.25, -0.2) is 0 Å². The average molecular weight is 371 g/mol. The van der Waals surface area contributed by atoms with E-state index in [1.54, 1.807) is 0 Å². The Morgan fingerprint density at radius 1 is 0.423 bits per heavy atom. The lowest BCUT2D eigenvalue weighted by atomic mass is 9.93. The van der Waals surface area contributed by atoms with Crippen LogP contribution in [-0.4, -0.2) is 16.5 Å². The highest BCUT2D eigenvalue weighted by Gasteiger charge is 2.15. The minimum atomic E-state index is -1.11. The number of unbranched alkanes of at least 4 members (excludes halogenated alkanes) is 16. The SMILES string of the molecule is CCCCCCCCCCCCC(CCCCCCCCCC)C(O)O. The first-order valence-corrected chi connectivity index (χ1v) is 12.1. The lowest BCUT2D eigenvalue weighted by Crippen LogP contribution is -2.19. The highest BCUT2D eigenvalue weighted by atomic mass is 16.5. The van der Waals surface area contributed by atoms with Crippen LogP contribution >= 0.6 is 0 Å². The standard InChI is InChI=1S/C24H50O2/c1-3-5-7-9-11-13-14-16-18-20-22-23(24(25)26)21-19-17-15-12-10-8-6-4-2/h23-26H,3-22H2,1-2H3. The van der Waals surface area contributed by atoms with E-state index in [0.717, 1.165) is 25.7 Å². The molecule has 0 amide bonds. The van der Waals surface area contributed by atoms with E-state index in [9.17, 15) is 10.2 Å². The Balaban J connectivity index is 3.45. The quantitative estimate of drug-likeness (QED) is 0.160. The Bertz CT molecular complexity index is 253. The molecule has 2 N–H and O–H groups in total. The Morgan fingerprint density at radius 3 is 0.962 bits per heavy atom. The smallest absolute Gasteiger partial charge is 0.154 e. The van der Waals surface area contributed by atoms with Crippen molar-refractivity contribution in [3.8, 4) is 0 Å². The van der Waals surface area contributed by atoms with Crippen LogP contribution in [0.15, 0.2) is 0 Å². The van der Waals surface area contributed by atoms with Crippen molar-refractivity contribution in [2.24, 2.45) is 5.92 Å². The fourth-order valence-corrected chi connectivity index (χ4v) is 3.88. The second-order valence-electron chi connectivity index (χ2n) is 8.41. The van der Waals surface area contributed by atoms with Gasteiger partial charge < -0.3 is 10.2 Å². The highest BCUT2D eigenvalue weighted by molar-refractivity contribution is 4.62. The number of hydrogen-bond donors (Lipinski definition) is 2. The van der Waals surface area contributed by atoms with Crippen molar-refractivity contribution in [3.63, 3.8) is 0 Å². The first kappa shape index (κ1) is 25.9. The van der Waals surface area contributed by atoms with Gasteiger partial charge >= 0.3 is 0 Å². The minimum Gasteiger partial charge on any atom is -0.368 e. The topological polar surface area (TPSA) is 40.5 Å². The van der Waals surface area contributed by atoms with Gasteiger partial charge in [0.25, 0.3) is 0 Å². The monoisotopic (exact) mass is 370 g/mol. The first-order valence-electron chi connectivity index (χ1n) is 12.1. The summed E-state index contributed by atoms with van der Waals surface area (Å²) in [6.07, 6.45) is 24.8. The van der Waals surface area contributed by atoms with Gasteiger partial charge in [-0.15, -0.1) is 0 Å². The Hall–Kier alpha value is -0.0800. The molecule has 0 heterocycles. The van der Waals surface area contributed by atoms with E-state index >= 15 is 0 Å². The van der Waals surface area contributed by atoms with Crippen LogP contribution in [0.3, 0.4) is 0 Å². The summed E-state index contributed by atoms with van der Waals surface area (Å²) in [6.45, 7) is 4.53. The van der Waals surface area contributed by atoms with E-state index < -0.39 is 6.29 Å². The van der Waals surface area contributed by atoms with Crippen LogP contribution in [0.4, 0.5) is 0 Å². The van der Waals surface area contributed by atoms with Gasteiger partial charge in [0.1, 0.15) is 0 Å². The van der Waals surface area contributed by atoms with Crippen LogP contribution in [0.2, 0.25) is 0 Å². The second kappa shape index (κ2) is 21.2. The average Bonchev–Trinajstić information content (AvgIpc) is 2.63. The molecule has 0 aromatic carbocycles. The van der Waals surface area contributed by atoms with E-state index in [1.807, 2.05) is 0 Å². The molecule has 0 bridgehead atoms. The number of aliphatic hydroxyl groups is 2. The van der Waals surface area contributed by atoms with Gasteiger partial charge in [-0.3, -0.25) is 0 Å². The summed E-state index contributed by atoms with van der Waals surface area (Å²) in [5, 5.41) is 19.2. The molecule has 0 aromatic rings. The molecule has 2 nitrogen and oxygen atoms in total. The van der Waals surface area contributed by atoms with Gasteiger partial charge in [-0.05, 0) is 12.8 Å². The molecule has 1 atom stereocenters. The van der Waals surface area contributed by atoms with Gasteiger partial charge in [0.15, 0.2) is 6.29 Å². The molecule has 0 aliphatic rings.